The van der Waals surface area contributed by atoms with E-state index in [-0.39, 0.29) is 64.0 Å². The topological polar surface area (TPSA) is 187 Å². The van der Waals surface area contributed by atoms with E-state index in [0.717, 1.165) is 0 Å². The van der Waals surface area contributed by atoms with Gasteiger partial charge in [0.15, 0.2) is 0 Å². The second kappa shape index (κ2) is 11.9. The number of carbonyl (C=O) groups excluding carboxylic acids is 7. The van der Waals surface area contributed by atoms with E-state index in [4.69, 9.17) is 5.53 Å². The van der Waals surface area contributed by atoms with Crippen molar-refractivity contribution in [1.29, 1.82) is 0 Å². The highest BCUT2D eigenvalue weighted by molar-refractivity contribution is 6.81. The van der Waals surface area contributed by atoms with Crippen molar-refractivity contribution in [3.05, 3.63) is 10.4 Å². The lowest BCUT2D eigenvalue weighted by molar-refractivity contribution is -0.130. The molecule has 0 N–H and O–H groups in total. The van der Waals surface area contributed by atoms with E-state index in [1.807, 2.05) is 0 Å². The lowest BCUT2D eigenvalue weighted by Gasteiger charge is -2.42. The Morgan fingerprint density at radius 2 is 1.31 bits per heavy atom. The van der Waals surface area contributed by atoms with Crippen LogP contribution in [0.3, 0.4) is 0 Å². The average molecular weight is 386 g/mol. The van der Waals surface area contributed by atoms with Crippen LogP contribution in [-0.2, 0) is 33.5 Å². The van der Waals surface area contributed by atoms with Crippen LogP contribution in [0.1, 0.15) is 12.8 Å². The zero-order valence-electron chi connectivity index (χ0n) is 13.2. The Morgan fingerprint density at radius 1 is 0.885 bits per heavy atom. The van der Waals surface area contributed by atoms with Crippen LogP contribution in [0.15, 0.2) is 5.11 Å². The molecule has 0 aliphatic carbocycles. The normalized spacial score (nSPS) is 9.69. The van der Waals surface area contributed by atoms with Gasteiger partial charge in [-0.25, -0.2) is 4.79 Å². The molecule has 0 aromatic carbocycles. The van der Waals surface area contributed by atoms with Gasteiger partial charge < -0.3 is 4.74 Å². The lowest BCUT2D eigenvalue weighted by atomic mass is 10.4. The first kappa shape index (κ1) is 22.4. The van der Waals surface area contributed by atoms with Gasteiger partial charge in [-0.1, -0.05) is 0 Å². The van der Waals surface area contributed by atoms with E-state index in [2.05, 4.69) is 14.8 Å². The summed E-state index contributed by atoms with van der Waals surface area (Å²) in [5, 5.41) is 2.66. The highest BCUT2D eigenvalue weighted by atomic mass is 28.4. The summed E-state index contributed by atoms with van der Waals surface area (Å²) in [6, 6.07) is -0.279. The molecule has 0 aliphatic heterocycles. The first-order valence-electron chi connectivity index (χ1n) is 6.81. The third-order valence-corrected chi connectivity index (χ3v) is 7.32. The zero-order valence-corrected chi connectivity index (χ0v) is 14.2. The fourth-order valence-corrected chi connectivity index (χ4v) is 5.37. The third-order valence-electron chi connectivity index (χ3n) is 3.18. The minimum absolute atomic E-state index is 0.0130. The van der Waals surface area contributed by atoms with E-state index < -0.39 is 14.7 Å². The Bertz CT molecular complexity index is 535. The van der Waals surface area contributed by atoms with Crippen molar-refractivity contribution in [2.24, 2.45) is 5.11 Å². The summed E-state index contributed by atoms with van der Waals surface area (Å²) in [6.07, 6.45) is -1.14. The molecular weight excluding hydrogens is 372 g/mol. The largest absolute Gasteiger partial charge is 0.461 e. The van der Waals surface area contributed by atoms with Crippen molar-refractivity contribution in [3.8, 4) is 0 Å². The third kappa shape index (κ3) is 5.22. The first-order valence-corrected chi connectivity index (χ1v) is 8.86. The summed E-state index contributed by atoms with van der Waals surface area (Å²) < 4.78 is 5.71. The molecule has 0 rings (SSSR count). The quantitative estimate of drug-likeness (QED) is 0.0906. The predicted molar refractivity (Wildman–Crippen MR) is 82.2 cm³/mol. The standard InChI is InChI=1S/C11H14N6O8Si/c12-14-13-11(24)25-3-1-2-4-26(15(5-18)6-19,16(7-20)8-21)17(9-22)10-23/h5-10H,1-4H2. The van der Waals surface area contributed by atoms with Gasteiger partial charge in [0, 0.05) is 16.1 Å². The molecule has 0 aromatic rings. The summed E-state index contributed by atoms with van der Waals surface area (Å²) in [5.74, 6) is 0. The van der Waals surface area contributed by atoms with Crippen LogP contribution in [0.5, 0.6) is 0 Å². The average Bonchev–Trinajstić information content (AvgIpc) is 2.64. The Labute approximate surface area is 147 Å². The smallest absolute Gasteiger partial charge is 0.405 e. The first-order chi connectivity index (χ1) is 12.5. The molecule has 26 heavy (non-hydrogen) atoms. The van der Waals surface area contributed by atoms with Gasteiger partial charge in [-0.3, -0.25) is 42.5 Å². The molecule has 0 heterocycles. The van der Waals surface area contributed by atoms with Crippen molar-refractivity contribution in [2.45, 2.75) is 18.9 Å². The molecule has 0 atom stereocenters. The summed E-state index contributed by atoms with van der Waals surface area (Å²) >= 11 is 0. The van der Waals surface area contributed by atoms with E-state index in [1.165, 1.54) is 0 Å². The van der Waals surface area contributed by atoms with Crippen LogP contribution in [0.2, 0.25) is 6.04 Å². The van der Waals surface area contributed by atoms with Crippen LogP contribution >= 0.6 is 0 Å². The molecule has 0 spiro atoms. The second-order valence-electron chi connectivity index (χ2n) is 4.39. The molecule has 0 unspecified atom stereocenters. The summed E-state index contributed by atoms with van der Waals surface area (Å²) in [4.78, 5) is 80.3. The van der Waals surface area contributed by atoms with Crippen molar-refractivity contribution in [2.75, 3.05) is 6.61 Å². The predicted octanol–water partition coefficient (Wildman–Crippen LogP) is -1.00. The molecule has 15 heteroatoms. The van der Waals surface area contributed by atoms with Crippen LogP contribution in [0.4, 0.5) is 4.79 Å². The molecule has 0 fully saturated rings. The monoisotopic (exact) mass is 386 g/mol. The molecule has 0 aliphatic rings. The van der Waals surface area contributed by atoms with Crippen LogP contribution in [-0.4, -0.2) is 73.4 Å². The second-order valence-corrected chi connectivity index (χ2v) is 7.99. The molecule has 0 saturated carbocycles. The minimum atomic E-state index is -4.21. The molecule has 0 bridgehead atoms. The Balaban J connectivity index is 5.53. The Kier molecular flexibility index (Phi) is 10.2. The van der Waals surface area contributed by atoms with E-state index in [9.17, 15) is 33.6 Å². The van der Waals surface area contributed by atoms with Crippen molar-refractivity contribution in [1.82, 2.24) is 13.7 Å². The molecular formula is C11H14N6O8Si. The van der Waals surface area contributed by atoms with Crippen molar-refractivity contribution < 1.29 is 38.3 Å². The SMILES string of the molecule is [N-]=[N+]=NC(=O)OCCCC[Si](N(C=O)C=O)(N(C=O)C=O)N(C=O)C=O. The number of imide groups is 3. The number of nitrogens with zero attached hydrogens (tertiary/aromatic N) is 6. The fraction of sp³-hybridized carbons (Fsp3) is 0.364. The number of unbranched alkanes of at least 4 members (excludes halogenated alkanes) is 1. The lowest BCUT2D eigenvalue weighted by Crippen LogP contribution is -2.73. The minimum Gasteiger partial charge on any atom is -0.461 e. The van der Waals surface area contributed by atoms with Gasteiger partial charge in [-0.05, 0) is 18.4 Å². The maximum atomic E-state index is 11.2. The molecule has 14 nitrogen and oxygen atoms in total. The molecule has 0 aromatic heterocycles. The number of amides is 7. The van der Waals surface area contributed by atoms with Crippen LogP contribution in [0.25, 0.3) is 10.4 Å². The van der Waals surface area contributed by atoms with Gasteiger partial charge in [0.05, 0.1) is 6.61 Å². The molecule has 0 saturated heterocycles. The summed E-state index contributed by atoms with van der Waals surface area (Å²) in [7, 11) is -4.21. The van der Waals surface area contributed by atoms with Crippen molar-refractivity contribution in [3.63, 3.8) is 0 Å². The highest BCUT2D eigenvalue weighted by Crippen LogP contribution is 2.22. The number of hydrogen-bond donors (Lipinski definition) is 0. The van der Waals surface area contributed by atoms with E-state index >= 15 is 0 Å². The number of azide groups is 1. The van der Waals surface area contributed by atoms with Gasteiger partial charge >= 0.3 is 14.7 Å². The maximum absolute atomic E-state index is 11.2. The van der Waals surface area contributed by atoms with Gasteiger partial charge in [-0.15, -0.1) is 0 Å². The van der Waals surface area contributed by atoms with Gasteiger partial charge in [0.1, 0.15) is 0 Å². The van der Waals surface area contributed by atoms with Crippen molar-refractivity contribution >= 4 is 53.1 Å². The van der Waals surface area contributed by atoms with Gasteiger partial charge in [0.2, 0.25) is 38.5 Å². The highest BCUT2D eigenvalue weighted by Gasteiger charge is 2.52. The maximum Gasteiger partial charge on any atom is 0.405 e. The Hall–Kier alpha value is -3.58. The van der Waals surface area contributed by atoms with Gasteiger partial charge in [-0.2, -0.15) is 0 Å². The number of carbonyl (C=O) groups is 7. The molecule has 140 valence electrons. The number of hydrogen-bond acceptors (Lipinski definition) is 8. The van der Waals surface area contributed by atoms with Crippen LogP contribution in [0, 0.1) is 0 Å². The van der Waals surface area contributed by atoms with E-state index in [0.29, 0.717) is 13.7 Å². The number of ether oxygens (including phenoxy) is 1. The fourth-order valence-electron chi connectivity index (χ4n) is 2.06. The summed E-state index contributed by atoms with van der Waals surface area (Å²) in [6.45, 7) is -0.227. The van der Waals surface area contributed by atoms with Crippen LogP contribution < -0.4 is 0 Å². The zero-order chi connectivity index (χ0) is 20.0. The summed E-state index contributed by atoms with van der Waals surface area (Å²) in [5.41, 5.74) is 8.04. The number of rotatable bonds is 14. The van der Waals surface area contributed by atoms with E-state index in [1.54, 1.807) is 0 Å². The van der Waals surface area contributed by atoms with Gasteiger partial charge in [0.25, 0.3) is 0 Å². The Morgan fingerprint density at radius 3 is 1.65 bits per heavy atom. The molecule has 7 amide bonds. The molecule has 0 radical (unpaired) electrons.